The van der Waals surface area contributed by atoms with E-state index in [1.807, 2.05) is 19.9 Å². The van der Waals surface area contributed by atoms with Gasteiger partial charge in [0.2, 0.25) is 0 Å². The van der Waals surface area contributed by atoms with Gasteiger partial charge in [-0.05, 0) is 49.9 Å². The lowest BCUT2D eigenvalue weighted by Gasteiger charge is -2.06. The molecule has 0 N–H and O–H groups in total. The van der Waals surface area contributed by atoms with E-state index < -0.39 is 9.84 Å². The molecule has 0 radical (unpaired) electrons. The second-order valence-electron chi connectivity index (χ2n) is 4.31. The maximum atomic E-state index is 12.0. The number of hydrogen-bond donors (Lipinski definition) is 0. The Bertz CT molecular complexity index is 466. The topological polar surface area (TPSA) is 34.1 Å². The van der Waals surface area contributed by atoms with Crippen molar-refractivity contribution in [2.75, 3.05) is 11.6 Å². The summed E-state index contributed by atoms with van der Waals surface area (Å²) in [4.78, 5) is 0.437. The monoisotopic (exact) mass is 274 g/mol. The van der Waals surface area contributed by atoms with Crippen LogP contribution < -0.4 is 0 Å². The number of hydrogen-bond acceptors (Lipinski definition) is 2. The van der Waals surface area contributed by atoms with Crippen molar-refractivity contribution in [2.45, 2.75) is 38.0 Å². The zero-order chi connectivity index (χ0) is 12.9. The molecular weight excluding hydrogens is 256 g/mol. The Labute approximate surface area is 109 Å². The predicted molar refractivity (Wildman–Crippen MR) is 72.5 cm³/mol. The SMILES string of the molecule is Cc1ccc(S(=O)(=O)CCCCCCl)cc1C. The molecule has 0 saturated heterocycles. The van der Waals surface area contributed by atoms with Crippen LogP contribution in [0.5, 0.6) is 0 Å². The molecule has 0 atom stereocenters. The highest BCUT2D eigenvalue weighted by Crippen LogP contribution is 2.17. The quantitative estimate of drug-likeness (QED) is 0.588. The molecule has 1 rings (SSSR count). The molecule has 0 aliphatic heterocycles. The average molecular weight is 275 g/mol. The van der Waals surface area contributed by atoms with Crippen molar-refractivity contribution < 1.29 is 8.42 Å². The molecule has 0 aliphatic rings. The summed E-state index contributed by atoms with van der Waals surface area (Å²) in [7, 11) is -3.12. The minimum absolute atomic E-state index is 0.215. The Kier molecular flexibility index (Phi) is 5.47. The summed E-state index contributed by atoms with van der Waals surface area (Å²) in [5.41, 5.74) is 2.14. The van der Waals surface area contributed by atoms with Crippen LogP contribution in [0, 0.1) is 13.8 Å². The largest absolute Gasteiger partial charge is 0.224 e. The zero-order valence-corrected chi connectivity index (χ0v) is 11.9. The number of unbranched alkanes of at least 4 members (excludes halogenated alkanes) is 2. The van der Waals surface area contributed by atoms with E-state index in [-0.39, 0.29) is 5.75 Å². The fourth-order valence-electron chi connectivity index (χ4n) is 1.59. The molecule has 2 nitrogen and oxygen atoms in total. The van der Waals surface area contributed by atoms with Crippen LogP contribution in [0.15, 0.2) is 23.1 Å². The molecule has 0 bridgehead atoms. The lowest BCUT2D eigenvalue weighted by atomic mass is 10.1. The number of alkyl halides is 1. The number of benzene rings is 1. The van der Waals surface area contributed by atoms with Gasteiger partial charge < -0.3 is 0 Å². The molecule has 0 unspecified atom stereocenters. The lowest BCUT2D eigenvalue weighted by Crippen LogP contribution is -2.07. The lowest BCUT2D eigenvalue weighted by molar-refractivity contribution is 0.591. The van der Waals surface area contributed by atoms with Gasteiger partial charge in [-0.3, -0.25) is 0 Å². The molecule has 0 fully saturated rings. The zero-order valence-electron chi connectivity index (χ0n) is 10.4. The number of aryl methyl sites for hydroxylation is 2. The van der Waals surface area contributed by atoms with Crippen LogP contribution >= 0.6 is 11.6 Å². The van der Waals surface area contributed by atoms with Gasteiger partial charge >= 0.3 is 0 Å². The van der Waals surface area contributed by atoms with Crippen LogP contribution in [0.2, 0.25) is 0 Å². The first kappa shape index (κ1) is 14.5. The van der Waals surface area contributed by atoms with Crippen LogP contribution in [0.3, 0.4) is 0 Å². The summed E-state index contributed by atoms with van der Waals surface area (Å²) in [6.45, 7) is 3.91. The molecule has 0 aliphatic carbocycles. The van der Waals surface area contributed by atoms with Crippen LogP contribution in [-0.2, 0) is 9.84 Å². The molecule has 0 heterocycles. The Morgan fingerprint density at radius 3 is 2.35 bits per heavy atom. The highest BCUT2D eigenvalue weighted by atomic mass is 35.5. The van der Waals surface area contributed by atoms with E-state index >= 15 is 0 Å². The number of sulfone groups is 1. The van der Waals surface area contributed by atoms with Gasteiger partial charge in [-0.2, -0.15) is 0 Å². The van der Waals surface area contributed by atoms with Gasteiger partial charge in [0.15, 0.2) is 9.84 Å². The van der Waals surface area contributed by atoms with Crippen molar-refractivity contribution in [3.8, 4) is 0 Å². The van der Waals surface area contributed by atoms with E-state index in [1.54, 1.807) is 12.1 Å². The van der Waals surface area contributed by atoms with Crippen molar-refractivity contribution in [3.63, 3.8) is 0 Å². The Morgan fingerprint density at radius 2 is 1.76 bits per heavy atom. The Hall–Kier alpha value is -0.540. The fourth-order valence-corrected chi connectivity index (χ4v) is 3.23. The van der Waals surface area contributed by atoms with Crippen LogP contribution in [0.1, 0.15) is 30.4 Å². The molecular formula is C13H19ClO2S. The molecule has 0 spiro atoms. The third-order valence-electron chi connectivity index (χ3n) is 2.88. The third kappa shape index (κ3) is 4.32. The van der Waals surface area contributed by atoms with Crippen molar-refractivity contribution in [1.29, 1.82) is 0 Å². The maximum Gasteiger partial charge on any atom is 0.178 e. The molecule has 0 aromatic heterocycles. The number of rotatable bonds is 6. The first-order valence-electron chi connectivity index (χ1n) is 5.83. The standard InChI is InChI=1S/C13H19ClO2S/c1-11-6-7-13(10-12(11)2)17(15,16)9-5-3-4-8-14/h6-7,10H,3-5,8-9H2,1-2H3. The van der Waals surface area contributed by atoms with Crippen molar-refractivity contribution in [1.82, 2.24) is 0 Å². The fraction of sp³-hybridized carbons (Fsp3) is 0.538. The molecule has 0 amide bonds. The number of halogens is 1. The minimum Gasteiger partial charge on any atom is -0.224 e. The van der Waals surface area contributed by atoms with Gasteiger partial charge in [-0.25, -0.2) is 8.42 Å². The van der Waals surface area contributed by atoms with E-state index in [0.717, 1.165) is 24.0 Å². The molecule has 17 heavy (non-hydrogen) atoms. The van der Waals surface area contributed by atoms with Crippen molar-refractivity contribution in [3.05, 3.63) is 29.3 Å². The van der Waals surface area contributed by atoms with Crippen LogP contribution in [0.25, 0.3) is 0 Å². The average Bonchev–Trinajstić information content (AvgIpc) is 2.28. The van der Waals surface area contributed by atoms with Gasteiger partial charge in [0.05, 0.1) is 10.6 Å². The predicted octanol–water partition coefficient (Wildman–Crippen LogP) is 3.49. The maximum absolute atomic E-state index is 12.0. The molecule has 4 heteroatoms. The summed E-state index contributed by atoms with van der Waals surface area (Å²) < 4.78 is 24.1. The normalized spacial score (nSPS) is 11.7. The third-order valence-corrected chi connectivity index (χ3v) is 4.95. The van der Waals surface area contributed by atoms with Gasteiger partial charge in [0.1, 0.15) is 0 Å². The van der Waals surface area contributed by atoms with Crippen molar-refractivity contribution in [2.24, 2.45) is 0 Å². The van der Waals surface area contributed by atoms with Crippen LogP contribution in [-0.4, -0.2) is 20.1 Å². The molecule has 1 aromatic carbocycles. The molecule has 96 valence electrons. The van der Waals surface area contributed by atoms with E-state index in [2.05, 4.69) is 0 Å². The van der Waals surface area contributed by atoms with Gasteiger partial charge in [-0.15, -0.1) is 11.6 Å². The Balaban J connectivity index is 2.72. The minimum atomic E-state index is -3.12. The Morgan fingerprint density at radius 1 is 1.06 bits per heavy atom. The summed E-state index contributed by atoms with van der Waals surface area (Å²) in [6.07, 6.45) is 2.43. The van der Waals surface area contributed by atoms with Gasteiger partial charge in [0.25, 0.3) is 0 Å². The highest BCUT2D eigenvalue weighted by Gasteiger charge is 2.14. The summed E-state index contributed by atoms with van der Waals surface area (Å²) in [5.74, 6) is 0.816. The van der Waals surface area contributed by atoms with E-state index in [1.165, 1.54) is 0 Å². The van der Waals surface area contributed by atoms with Crippen LogP contribution in [0.4, 0.5) is 0 Å². The summed E-state index contributed by atoms with van der Waals surface area (Å²) in [6, 6.07) is 5.31. The van der Waals surface area contributed by atoms with Gasteiger partial charge in [-0.1, -0.05) is 12.5 Å². The van der Waals surface area contributed by atoms with E-state index in [4.69, 9.17) is 11.6 Å². The van der Waals surface area contributed by atoms with E-state index in [0.29, 0.717) is 17.2 Å². The second kappa shape index (κ2) is 6.41. The first-order chi connectivity index (χ1) is 7.97. The first-order valence-corrected chi connectivity index (χ1v) is 8.02. The van der Waals surface area contributed by atoms with E-state index in [9.17, 15) is 8.42 Å². The molecule has 0 saturated carbocycles. The molecule has 1 aromatic rings. The highest BCUT2D eigenvalue weighted by molar-refractivity contribution is 7.91. The second-order valence-corrected chi connectivity index (χ2v) is 6.80. The summed E-state index contributed by atoms with van der Waals surface area (Å²) >= 11 is 5.56. The summed E-state index contributed by atoms with van der Waals surface area (Å²) in [5, 5.41) is 0. The van der Waals surface area contributed by atoms with Crippen molar-refractivity contribution >= 4 is 21.4 Å². The smallest absolute Gasteiger partial charge is 0.178 e. The van der Waals surface area contributed by atoms with Gasteiger partial charge in [0, 0.05) is 5.88 Å².